The monoisotopic (exact) mass is 898 g/mol. The zero-order valence-electron chi connectivity index (χ0n) is 23.2. The zero-order valence-corrected chi connectivity index (χ0v) is 29.7. The summed E-state index contributed by atoms with van der Waals surface area (Å²) in [6.45, 7) is 1.12. The number of benzene rings is 2. The Hall–Kier alpha value is -1.77. The molecule has 45 heavy (non-hydrogen) atoms. The third-order valence-corrected chi connectivity index (χ3v) is 8.25. The minimum atomic E-state index is -5.88. The molecule has 4 atom stereocenters. The van der Waals surface area contributed by atoms with Crippen molar-refractivity contribution < 1.29 is 110 Å². The summed E-state index contributed by atoms with van der Waals surface area (Å²) in [4.78, 5) is 73.3. The zero-order chi connectivity index (χ0) is 33.8. The van der Waals surface area contributed by atoms with E-state index in [1.54, 1.807) is 0 Å². The van der Waals surface area contributed by atoms with E-state index in [1.807, 2.05) is 0 Å². The van der Waals surface area contributed by atoms with Gasteiger partial charge in [0.05, 0.1) is 0 Å². The smallest absolute Gasteiger partial charge is 0.399 e. The van der Waals surface area contributed by atoms with Gasteiger partial charge in [-0.15, -0.1) is 0 Å². The molecule has 0 aliphatic rings. The Morgan fingerprint density at radius 2 is 1.11 bits per heavy atom. The van der Waals surface area contributed by atoms with E-state index in [9.17, 15) is 46.2 Å². The predicted octanol–water partition coefficient (Wildman–Crippen LogP) is 1.18. The molecule has 0 heterocycles. The molecular weight excluding hydrogens is 869 g/mol. The summed E-state index contributed by atoms with van der Waals surface area (Å²) in [6.07, 6.45) is -2.36. The van der Waals surface area contributed by atoms with E-state index in [2.05, 4.69) is 10.6 Å². The molecule has 1 radical (unpaired) electrons. The fourth-order valence-corrected chi connectivity index (χ4v) is 4.65. The average molecular weight is 898 g/mol. The molecule has 0 aliphatic heterocycles. The van der Waals surface area contributed by atoms with Crippen LogP contribution in [0.25, 0.3) is 5.73 Å². The van der Waals surface area contributed by atoms with Gasteiger partial charge in [-0.2, -0.15) is 17.6 Å². The maximum Gasteiger partial charge on any atom is 0.399 e. The number of primary amides is 1. The molecule has 247 valence electrons. The standard InChI is InChI=1S/C24H29F4N4O10P2.Ac/c1-12(33)19(29)22(36)32-18(11-14-4-8-16(9-5-14)24(27,28)44(40,41)42)21(35)31-17(20(30)34)10-13-2-6-15(7-3-13)23(25,26)43(37,38)39;/h2-9,12,17-19,29,33H,10-11H2,1H3,(H2,30,34)(H,31,35)(H,32,36)(H2,37,38,39)(H2,40,41,42);/q-1;. The van der Waals surface area contributed by atoms with Gasteiger partial charge in [0.25, 0.3) is 0 Å². The van der Waals surface area contributed by atoms with Crippen molar-refractivity contribution in [3.63, 3.8) is 0 Å². The average Bonchev–Trinajstić information content (AvgIpc) is 2.90. The van der Waals surface area contributed by atoms with Crippen molar-refractivity contribution in [2.24, 2.45) is 5.73 Å². The van der Waals surface area contributed by atoms with Crippen LogP contribution >= 0.6 is 15.2 Å². The van der Waals surface area contributed by atoms with E-state index in [1.165, 1.54) is 0 Å². The summed E-state index contributed by atoms with van der Waals surface area (Å²) in [5.41, 5.74) is 2.19. The predicted molar refractivity (Wildman–Crippen MR) is 145 cm³/mol. The van der Waals surface area contributed by atoms with Gasteiger partial charge in [-0.3, -0.25) is 23.5 Å². The van der Waals surface area contributed by atoms with E-state index in [4.69, 9.17) is 31.0 Å². The second-order valence-electron chi connectivity index (χ2n) is 9.72. The molecule has 0 saturated heterocycles. The van der Waals surface area contributed by atoms with Gasteiger partial charge in [-0.25, -0.2) is 0 Å². The van der Waals surface area contributed by atoms with Gasteiger partial charge in [-0.05, 0) is 24.1 Å². The second-order valence-corrected chi connectivity index (χ2v) is 13.0. The first-order valence-corrected chi connectivity index (χ1v) is 15.6. The third-order valence-electron chi connectivity index (χ3n) is 6.27. The van der Waals surface area contributed by atoms with E-state index in [0.717, 1.165) is 31.2 Å². The largest absolute Gasteiger partial charge is 0.665 e. The summed E-state index contributed by atoms with van der Waals surface area (Å²) < 4.78 is 78.1. The number of amides is 3. The minimum absolute atomic E-state index is 0. The fourth-order valence-electron chi connectivity index (χ4n) is 3.68. The SMILES string of the molecule is CC(O)C([NH-])C(=O)NC(Cc1ccc(C(F)(F)P(=O)(O)O)cc1)C(=O)NC(Cc1ccc(C(F)(F)P(=O)(O)O)cc1)C(N)=O.[Ac]. The molecule has 2 aromatic rings. The van der Waals surface area contributed by atoms with Crippen LogP contribution in [-0.4, -0.2) is 66.6 Å². The molecule has 14 nitrogen and oxygen atoms in total. The van der Waals surface area contributed by atoms with Crippen LogP contribution in [0.15, 0.2) is 48.5 Å². The molecule has 0 bridgehead atoms. The number of nitrogens with two attached hydrogens (primary N) is 1. The molecule has 2 aromatic carbocycles. The van der Waals surface area contributed by atoms with E-state index in [0.29, 0.717) is 24.3 Å². The summed E-state index contributed by atoms with van der Waals surface area (Å²) in [6, 6.07) is 1.80. The molecular formula is C24H29AcF4N4O10P2-. The number of alkyl halides is 4. The summed E-state index contributed by atoms with van der Waals surface area (Å²) in [7, 11) is -11.7. The number of carbonyl (C=O) groups is 3. The van der Waals surface area contributed by atoms with Gasteiger partial charge < -0.3 is 46.8 Å². The van der Waals surface area contributed by atoms with Crippen molar-refractivity contribution in [1.82, 2.24) is 10.6 Å². The van der Waals surface area contributed by atoms with Crippen LogP contribution in [0, 0.1) is 44.1 Å². The number of hydrogen-bond donors (Lipinski definition) is 8. The first-order chi connectivity index (χ1) is 20.0. The van der Waals surface area contributed by atoms with Crippen molar-refractivity contribution in [2.75, 3.05) is 0 Å². The molecule has 0 aromatic heterocycles. The van der Waals surface area contributed by atoms with Crippen LogP contribution in [-0.2, 0) is 47.7 Å². The number of aliphatic hydroxyl groups is 1. The molecule has 0 aliphatic carbocycles. The molecule has 4 unspecified atom stereocenters. The number of halogens is 4. The second kappa shape index (κ2) is 15.9. The van der Waals surface area contributed by atoms with Crippen molar-refractivity contribution in [2.45, 2.75) is 55.3 Å². The molecule has 21 heteroatoms. The Kier molecular flexibility index (Phi) is 14.6. The number of hydrogen-bond acceptors (Lipinski definition) is 6. The Morgan fingerprint density at radius 1 is 0.778 bits per heavy atom. The van der Waals surface area contributed by atoms with Gasteiger partial charge in [0.2, 0.25) is 17.7 Å². The molecule has 10 N–H and O–H groups in total. The minimum Gasteiger partial charge on any atom is -0.665 e. The van der Waals surface area contributed by atoms with Crippen LogP contribution in [0.4, 0.5) is 17.6 Å². The van der Waals surface area contributed by atoms with Crippen LogP contribution in [0.1, 0.15) is 29.2 Å². The van der Waals surface area contributed by atoms with Crippen molar-refractivity contribution in [3.05, 3.63) is 76.5 Å². The van der Waals surface area contributed by atoms with Gasteiger partial charge in [0, 0.05) is 74.1 Å². The van der Waals surface area contributed by atoms with Crippen LogP contribution < -0.4 is 16.4 Å². The molecule has 3 amide bonds. The topological polar surface area (TPSA) is 260 Å². The van der Waals surface area contributed by atoms with Crippen molar-refractivity contribution in [3.8, 4) is 0 Å². The summed E-state index contributed by atoms with van der Waals surface area (Å²) in [5, 5.41) is 14.0. The van der Waals surface area contributed by atoms with Crippen LogP contribution in [0.3, 0.4) is 0 Å². The quantitative estimate of drug-likeness (QED) is 0.0993. The Labute approximate surface area is 289 Å². The first-order valence-electron chi connectivity index (χ1n) is 12.3. The normalized spacial score (nSPS) is 15.2. The third kappa shape index (κ3) is 10.6. The van der Waals surface area contributed by atoms with Crippen LogP contribution in [0.2, 0.25) is 0 Å². The van der Waals surface area contributed by atoms with Crippen molar-refractivity contribution in [1.29, 1.82) is 0 Å². The maximum atomic E-state index is 14.0. The number of aliphatic hydroxyl groups excluding tert-OH is 1. The number of nitrogens with one attached hydrogen (secondary N) is 3. The summed E-state index contributed by atoms with van der Waals surface area (Å²) >= 11 is 0. The molecule has 2 rings (SSSR count). The molecule has 0 fully saturated rings. The Bertz CT molecular complexity index is 1460. The number of rotatable bonds is 14. The first kappa shape index (κ1) is 41.3. The van der Waals surface area contributed by atoms with E-state index < -0.39 is 92.4 Å². The maximum absolute atomic E-state index is 14.0. The Balaban J connectivity index is 0.0000101. The number of carbonyl (C=O) groups excluding carboxylic acids is 3. The summed E-state index contributed by atoms with van der Waals surface area (Å²) in [5.74, 6) is -3.35. The van der Waals surface area contributed by atoms with Gasteiger partial charge in [0.1, 0.15) is 12.1 Å². The van der Waals surface area contributed by atoms with Crippen molar-refractivity contribution >= 4 is 32.9 Å². The van der Waals surface area contributed by atoms with Gasteiger partial charge >= 0.3 is 26.5 Å². The van der Waals surface area contributed by atoms with E-state index >= 15 is 0 Å². The Morgan fingerprint density at radius 3 is 1.42 bits per heavy atom. The van der Waals surface area contributed by atoms with E-state index in [-0.39, 0.29) is 55.2 Å². The molecule has 0 saturated carbocycles. The van der Waals surface area contributed by atoms with Gasteiger partial charge in [-0.1, -0.05) is 48.5 Å². The fraction of sp³-hybridized carbons (Fsp3) is 0.375. The molecule has 0 spiro atoms. The van der Waals surface area contributed by atoms with Crippen LogP contribution in [0.5, 0.6) is 0 Å². The van der Waals surface area contributed by atoms with Gasteiger partial charge in [0.15, 0.2) is 0 Å².